The summed E-state index contributed by atoms with van der Waals surface area (Å²) in [5.41, 5.74) is 4.07. The quantitative estimate of drug-likeness (QED) is 0.481. The number of aromatic amines is 2. The van der Waals surface area contributed by atoms with Gasteiger partial charge >= 0.3 is 5.69 Å². The second-order valence-corrected chi connectivity index (χ2v) is 7.53. The summed E-state index contributed by atoms with van der Waals surface area (Å²) in [5.74, 6) is 1.25. The summed E-state index contributed by atoms with van der Waals surface area (Å²) in [6.45, 7) is 3.91. The van der Waals surface area contributed by atoms with E-state index < -0.39 is 0 Å². The van der Waals surface area contributed by atoms with Crippen LogP contribution >= 0.6 is 0 Å². The molecule has 0 bridgehead atoms. The Morgan fingerprint density at radius 3 is 2.60 bits per heavy atom. The average molecular weight is 399 g/mol. The predicted octanol–water partition coefficient (Wildman–Crippen LogP) is 3.76. The monoisotopic (exact) mass is 399 g/mol. The summed E-state index contributed by atoms with van der Waals surface area (Å²) in [5, 5.41) is 12.3. The number of rotatable bonds is 4. The van der Waals surface area contributed by atoms with Gasteiger partial charge in [-0.3, -0.25) is 9.25 Å². The van der Waals surface area contributed by atoms with Crippen molar-refractivity contribution in [2.45, 2.75) is 19.9 Å². The van der Waals surface area contributed by atoms with Crippen LogP contribution in [0.3, 0.4) is 0 Å². The highest BCUT2D eigenvalue weighted by molar-refractivity contribution is 5.87. The molecule has 30 heavy (non-hydrogen) atoms. The van der Waals surface area contributed by atoms with Crippen molar-refractivity contribution in [1.82, 2.24) is 34.5 Å². The molecule has 0 saturated carbocycles. The summed E-state index contributed by atoms with van der Waals surface area (Å²) < 4.78 is 3.47. The first kappa shape index (κ1) is 18.1. The highest BCUT2D eigenvalue weighted by Crippen LogP contribution is 2.33. The molecule has 0 aliphatic rings. The molecule has 0 aliphatic carbocycles. The largest absolute Gasteiger partial charge is 0.343 e. The number of H-pyrrole nitrogens is 2. The molecule has 0 spiro atoms. The van der Waals surface area contributed by atoms with E-state index in [0.717, 1.165) is 33.5 Å². The molecule has 0 atom stereocenters. The molecule has 3 heterocycles. The van der Waals surface area contributed by atoms with E-state index >= 15 is 0 Å². The Morgan fingerprint density at radius 1 is 1.03 bits per heavy atom. The third-order valence-electron chi connectivity index (χ3n) is 5.22. The van der Waals surface area contributed by atoms with Gasteiger partial charge in [-0.1, -0.05) is 42.5 Å². The second-order valence-electron chi connectivity index (χ2n) is 7.53. The molecular weight excluding hydrogens is 378 g/mol. The van der Waals surface area contributed by atoms with E-state index in [1.54, 1.807) is 4.57 Å². The van der Waals surface area contributed by atoms with Crippen LogP contribution in [0.2, 0.25) is 0 Å². The summed E-state index contributed by atoms with van der Waals surface area (Å²) in [6, 6.07) is 15.9. The van der Waals surface area contributed by atoms with Crippen molar-refractivity contribution >= 4 is 10.9 Å². The van der Waals surface area contributed by atoms with Crippen LogP contribution in [0.4, 0.5) is 0 Å². The normalized spacial score (nSPS) is 11.6. The zero-order valence-electron chi connectivity index (χ0n) is 16.9. The number of hydrogen-bond acceptors (Lipinski definition) is 4. The number of benzene rings is 2. The van der Waals surface area contributed by atoms with Gasteiger partial charge in [0.1, 0.15) is 17.2 Å². The maximum absolute atomic E-state index is 12.4. The summed E-state index contributed by atoms with van der Waals surface area (Å²) >= 11 is 0. The lowest BCUT2D eigenvalue weighted by Crippen LogP contribution is -2.19. The Bertz CT molecular complexity index is 1400. The van der Waals surface area contributed by atoms with Crippen LogP contribution in [0, 0.1) is 0 Å². The van der Waals surface area contributed by atoms with Crippen LogP contribution < -0.4 is 5.69 Å². The third-order valence-corrected chi connectivity index (χ3v) is 5.22. The molecule has 0 amide bonds. The van der Waals surface area contributed by atoms with Gasteiger partial charge in [0.2, 0.25) is 0 Å². The number of imidazole rings is 1. The van der Waals surface area contributed by atoms with Gasteiger partial charge in [0.25, 0.3) is 0 Å². The molecule has 0 saturated heterocycles. The number of hydrogen-bond donors (Lipinski definition) is 2. The molecule has 2 aromatic carbocycles. The van der Waals surface area contributed by atoms with Crippen LogP contribution in [0.15, 0.2) is 59.5 Å². The van der Waals surface area contributed by atoms with E-state index in [0.29, 0.717) is 11.5 Å². The molecule has 5 rings (SSSR count). The summed E-state index contributed by atoms with van der Waals surface area (Å²) in [6.07, 6.45) is 1.84. The molecule has 0 aliphatic heterocycles. The van der Waals surface area contributed by atoms with E-state index in [1.165, 1.54) is 0 Å². The van der Waals surface area contributed by atoms with Crippen molar-refractivity contribution in [2.75, 3.05) is 0 Å². The molecule has 2 N–H and O–H groups in total. The lowest BCUT2D eigenvalue weighted by molar-refractivity contribution is 0.585. The lowest BCUT2D eigenvalue weighted by atomic mass is 10.1. The third kappa shape index (κ3) is 2.85. The fraction of sp³-hybridized carbons (Fsp3) is 0.182. The molecule has 8 nitrogen and oxygen atoms in total. The number of fused-ring (bicyclic) bond motifs is 1. The Balaban J connectivity index is 1.78. The first-order valence-corrected chi connectivity index (χ1v) is 9.78. The van der Waals surface area contributed by atoms with Gasteiger partial charge in [-0.25, -0.2) is 14.9 Å². The maximum atomic E-state index is 12.4. The molecule has 0 radical (unpaired) electrons. The van der Waals surface area contributed by atoms with E-state index in [1.807, 2.05) is 74.2 Å². The predicted molar refractivity (Wildman–Crippen MR) is 116 cm³/mol. The van der Waals surface area contributed by atoms with Gasteiger partial charge < -0.3 is 4.98 Å². The topological polar surface area (TPSA) is 97.2 Å². The summed E-state index contributed by atoms with van der Waals surface area (Å²) in [7, 11) is 1.91. The number of aromatic nitrogens is 7. The van der Waals surface area contributed by atoms with E-state index in [4.69, 9.17) is 4.98 Å². The van der Waals surface area contributed by atoms with Crippen LogP contribution in [-0.4, -0.2) is 34.5 Å². The van der Waals surface area contributed by atoms with Gasteiger partial charge in [-0.05, 0) is 19.9 Å². The molecule has 5 aromatic rings. The number of nitrogens with one attached hydrogen (secondary N) is 2. The minimum Gasteiger partial charge on any atom is -0.335 e. The lowest BCUT2D eigenvalue weighted by Gasteiger charge is -2.09. The van der Waals surface area contributed by atoms with E-state index in [9.17, 15) is 4.79 Å². The Morgan fingerprint density at radius 2 is 1.83 bits per heavy atom. The standard InChI is InChI=1S/C22H21N7O/c1-13(2)29-21(26-27-22(29)30)19-18(24-20(25-19)14-7-5-4-6-8-14)15-9-10-16-12-23-28(3)17(16)11-15/h4-13H,1-3H3,(H,24,25)(H,27,30). The van der Waals surface area contributed by atoms with E-state index in [-0.39, 0.29) is 11.7 Å². The van der Waals surface area contributed by atoms with Crippen molar-refractivity contribution in [3.05, 3.63) is 65.2 Å². The van der Waals surface area contributed by atoms with Crippen LogP contribution in [-0.2, 0) is 7.05 Å². The zero-order valence-corrected chi connectivity index (χ0v) is 16.9. The van der Waals surface area contributed by atoms with Crippen LogP contribution in [0.25, 0.3) is 45.1 Å². The first-order chi connectivity index (χ1) is 14.5. The molecule has 3 aromatic heterocycles. The van der Waals surface area contributed by atoms with E-state index in [2.05, 4.69) is 26.3 Å². The highest BCUT2D eigenvalue weighted by Gasteiger charge is 2.22. The second kappa shape index (κ2) is 6.84. The first-order valence-electron chi connectivity index (χ1n) is 9.78. The molecule has 8 heteroatoms. The van der Waals surface area contributed by atoms with Crippen molar-refractivity contribution < 1.29 is 0 Å². The highest BCUT2D eigenvalue weighted by atomic mass is 16.1. The van der Waals surface area contributed by atoms with Crippen molar-refractivity contribution in [3.63, 3.8) is 0 Å². The van der Waals surface area contributed by atoms with Crippen LogP contribution in [0.5, 0.6) is 0 Å². The Kier molecular flexibility index (Phi) is 4.13. The fourth-order valence-corrected chi connectivity index (χ4v) is 3.73. The van der Waals surface area contributed by atoms with Crippen molar-refractivity contribution in [3.8, 4) is 34.2 Å². The average Bonchev–Trinajstić information content (AvgIpc) is 3.45. The van der Waals surface area contributed by atoms with Gasteiger partial charge in [0.15, 0.2) is 5.82 Å². The van der Waals surface area contributed by atoms with Gasteiger partial charge in [-0.15, -0.1) is 0 Å². The molecule has 150 valence electrons. The summed E-state index contributed by atoms with van der Waals surface area (Å²) in [4.78, 5) is 20.7. The maximum Gasteiger partial charge on any atom is 0.343 e. The van der Waals surface area contributed by atoms with Crippen molar-refractivity contribution in [1.29, 1.82) is 0 Å². The minimum atomic E-state index is -0.246. The van der Waals surface area contributed by atoms with Gasteiger partial charge in [0.05, 0.1) is 11.7 Å². The number of aryl methyl sites for hydroxylation is 1. The Labute approximate surface area is 172 Å². The SMILES string of the molecule is CC(C)n1c(-c2[nH]c(-c3ccccc3)nc2-c2ccc3cnn(C)c3c2)n[nH]c1=O. The van der Waals surface area contributed by atoms with Gasteiger partial charge in [-0.2, -0.15) is 10.2 Å². The molecule has 0 unspecified atom stereocenters. The zero-order chi connectivity index (χ0) is 20.8. The smallest absolute Gasteiger partial charge is 0.335 e. The molecule has 0 fully saturated rings. The minimum absolute atomic E-state index is 0.0536. The van der Waals surface area contributed by atoms with Gasteiger partial charge in [0, 0.05) is 29.6 Å². The number of nitrogens with zero attached hydrogens (tertiary/aromatic N) is 5. The molecular formula is C22H21N7O. The van der Waals surface area contributed by atoms with Crippen LogP contribution in [0.1, 0.15) is 19.9 Å². The van der Waals surface area contributed by atoms with Crippen molar-refractivity contribution in [2.24, 2.45) is 7.05 Å². The Hall–Kier alpha value is -3.94. The fourth-order valence-electron chi connectivity index (χ4n) is 3.73.